The first-order valence-corrected chi connectivity index (χ1v) is 12.5. The molecule has 2 rings (SSSR count). The van der Waals surface area contributed by atoms with Gasteiger partial charge in [-0.2, -0.15) is 13.2 Å². The van der Waals surface area contributed by atoms with Gasteiger partial charge in [0.15, 0.2) is 0 Å². The molecule has 0 aliphatic rings. The number of sulfonamides is 1. The number of carbonyl (C=O) groups is 1. The summed E-state index contributed by atoms with van der Waals surface area (Å²) in [5, 5.41) is 2.57. The van der Waals surface area contributed by atoms with Crippen LogP contribution in [0.4, 0.5) is 23.2 Å². The lowest BCUT2D eigenvalue weighted by atomic mass is 10.1. The number of hydrogen-bond acceptors (Lipinski definition) is 4. The molecule has 0 spiro atoms. The summed E-state index contributed by atoms with van der Waals surface area (Å²) in [5.74, 6) is -1.31. The molecule has 2 N–H and O–H groups in total. The number of anilines is 1. The molecule has 0 saturated heterocycles. The Kier molecular flexibility index (Phi) is 9.20. The van der Waals surface area contributed by atoms with E-state index in [1.54, 1.807) is 0 Å². The number of aryl methyl sites for hydroxylation is 2. The van der Waals surface area contributed by atoms with E-state index in [4.69, 9.17) is 0 Å². The lowest BCUT2D eigenvalue weighted by Gasteiger charge is -2.12. The zero-order valence-electron chi connectivity index (χ0n) is 19.1. The second-order valence-electron chi connectivity index (χ2n) is 7.88. The van der Waals surface area contributed by atoms with Crippen LogP contribution in [0, 0.1) is 12.7 Å². The number of amides is 1. The van der Waals surface area contributed by atoms with Crippen LogP contribution < -0.4 is 10.0 Å². The third kappa shape index (κ3) is 8.44. The van der Waals surface area contributed by atoms with Crippen molar-refractivity contribution in [1.82, 2.24) is 10.3 Å². The second-order valence-corrected chi connectivity index (χ2v) is 9.63. The van der Waals surface area contributed by atoms with Crippen molar-refractivity contribution < 1.29 is 30.8 Å². The van der Waals surface area contributed by atoms with Crippen molar-refractivity contribution in [3.05, 3.63) is 64.2 Å². The minimum Gasteiger partial charge on any atom is -0.348 e. The van der Waals surface area contributed by atoms with Gasteiger partial charge in [-0.05, 0) is 54.7 Å². The molecule has 0 bridgehead atoms. The normalized spacial score (nSPS) is 12.2. The number of hydrogen-bond donors (Lipinski definition) is 2. The minimum atomic E-state index is -4.56. The molecule has 1 heterocycles. The molecular formula is C23H27F4N3O3S. The van der Waals surface area contributed by atoms with Crippen molar-refractivity contribution in [2.75, 3.05) is 11.0 Å². The number of pyridine rings is 1. The van der Waals surface area contributed by atoms with Crippen LogP contribution in [0.25, 0.3) is 6.08 Å². The summed E-state index contributed by atoms with van der Waals surface area (Å²) in [6.07, 6.45) is 1.70. The van der Waals surface area contributed by atoms with Crippen LogP contribution in [-0.2, 0) is 34.0 Å². The fourth-order valence-corrected chi connectivity index (χ4v) is 3.84. The Morgan fingerprint density at radius 2 is 1.88 bits per heavy atom. The van der Waals surface area contributed by atoms with Crippen LogP contribution in [-0.4, -0.2) is 25.6 Å². The Morgan fingerprint density at radius 3 is 2.47 bits per heavy atom. The number of halogens is 4. The van der Waals surface area contributed by atoms with Crippen molar-refractivity contribution in [1.29, 1.82) is 0 Å². The molecule has 1 aromatic heterocycles. The number of nitrogens with zero attached hydrogens (tertiary/aromatic N) is 1. The average Bonchev–Trinajstić information content (AvgIpc) is 2.72. The van der Waals surface area contributed by atoms with Gasteiger partial charge in [-0.15, -0.1) is 0 Å². The van der Waals surface area contributed by atoms with E-state index in [1.165, 1.54) is 31.2 Å². The van der Waals surface area contributed by atoms with Crippen molar-refractivity contribution in [3.8, 4) is 0 Å². The summed E-state index contributed by atoms with van der Waals surface area (Å²) >= 11 is 0. The standard InChI is InChI=1S/C23H27F4N3O3S/c1-4-5-6-7-19-17(8-10-20(29-19)23(25,26)27)9-11-21(31)28-14-16-12-15(2)22(18(24)13-16)30-34(3,32)33/h8-13,30H,4-7,14H2,1-3H3,(H,28,31)/b11-9-. The molecule has 11 heteroatoms. The van der Waals surface area contributed by atoms with Crippen LogP contribution in [0.15, 0.2) is 30.3 Å². The van der Waals surface area contributed by atoms with Gasteiger partial charge in [0, 0.05) is 18.3 Å². The molecule has 0 fully saturated rings. The first-order valence-electron chi connectivity index (χ1n) is 10.6. The van der Waals surface area contributed by atoms with Gasteiger partial charge in [-0.3, -0.25) is 9.52 Å². The van der Waals surface area contributed by atoms with E-state index in [1.807, 2.05) is 6.92 Å². The Hall–Kier alpha value is -2.95. The summed E-state index contributed by atoms with van der Waals surface area (Å²) in [6, 6.07) is 4.80. The van der Waals surface area contributed by atoms with Crippen LogP contribution in [0.5, 0.6) is 0 Å². The number of carbonyl (C=O) groups excluding carboxylic acids is 1. The number of alkyl halides is 3. The fourth-order valence-electron chi connectivity index (χ4n) is 3.21. The number of rotatable bonds is 10. The van der Waals surface area contributed by atoms with Crippen molar-refractivity contribution >= 4 is 27.7 Å². The number of benzene rings is 1. The summed E-state index contributed by atoms with van der Waals surface area (Å²) in [7, 11) is -3.65. The first-order chi connectivity index (χ1) is 15.8. The predicted molar refractivity (Wildman–Crippen MR) is 123 cm³/mol. The lowest BCUT2D eigenvalue weighted by molar-refractivity contribution is -0.141. The van der Waals surface area contributed by atoms with Crippen molar-refractivity contribution in [2.45, 2.75) is 52.3 Å². The maximum atomic E-state index is 14.3. The highest BCUT2D eigenvalue weighted by Crippen LogP contribution is 2.29. The molecule has 0 aliphatic carbocycles. The summed E-state index contributed by atoms with van der Waals surface area (Å²) < 4.78 is 78.2. The van der Waals surface area contributed by atoms with Crippen LogP contribution in [0.1, 0.15) is 54.3 Å². The third-order valence-electron chi connectivity index (χ3n) is 4.83. The molecule has 0 aliphatic heterocycles. The number of unbranched alkanes of at least 4 members (excludes halogenated alkanes) is 2. The summed E-state index contributed by atoms with van der Waals surface area (Å²) in [6.45, 7) is 3.47. The molecule has 0 atom stereocenters. The highest BCUT2D eigenvalue weighted by Gasteiger charge is 2.32. The Morgan fingerprint density at radius 1 is 1.18 bits per heavy atom. The van der Waals surface area contributed by atoms with Crippen molar-refractivity contribution in [3.63, 3.8) is 0 Å². The van der Waals surface area contributed by atoms with E-state index in [0.717, 1.165) is 31.2 Å². The molecule has 0 radical (unpaired) electrons. The van der Waals surface area contributed by atoms with Gasteiger partial charge >= 0.3 is 6.18 Å². The monoisotopic (exact) mass is 501 g/mol. The van der Waals surface area contributed by atoms with Crippen LogP contribution >= 0.6 is 0 Å². The Labute approximate surface area is 196 Å². The maximum absolute atomic E-state index is 14.3. The molecule has 186 valence electrons. The van der Waals surface area contributed by atoms with Gasteiger partial charge in [-0.1, -0.05) is 31.9 Å². The molecule has 1 aromatic carbocycles. The molecule has 6 nitrogen and oxygen atoms in total. The number of aromatic nitrogens is 1. The maximum Gasteiger partial charge on any atom is 0.433 e. The van der Waals surface area contributed by atoms with Gasteiger partial charge in [0.2, 0.25) is 15.9 Å². The smallest absolute Gasteiger partial charge is 0.348 e. The molecule has 2 aromatic rings. The van der Waals surface area contributed by atoms with E-state index < -0.39 is 33.6 Å². The summed E-state index contributed by atoms with van der Waals surface area (Å²) in [4.78, 5) is 16.0. The highest BCUT2D eigenvalue weighted by molar-refractivity contribution is 7.92. The molecule has 0 unspecified atom stereocenters. The quantitative estimate of drug-likeness (QED) is 0.273. The third-order valence-corrected chi connectivity index (χ3v) is 5.41. The van der Waals surface area contributed by atoms with E-state index in [2.05, 4.69) is 15.0 Å². The zero-order valence-corrected chi connectivity index (χ0v) is 19.9. The molecule has 0 saturated carbocycles. The van der Waals surface area contributed by atoms with E-state index in [0.29, 0.717) is 29.5 Å². The van der Waals surface area contributed by atoms with Gasteiger partial charge in [0.25, 0.3) is 0 Å². The van der Waals surface area contributed by atoms with Crippen LogP contribution in [0.3, 0.4) is 0 Å². The van der Waals surface area contributed by atoms with Crippen molar-refractivity contribution in [2.24, 2.45) is 0 Å². The highest BCUT2D eigenvalue weighted by atomic mass is 32.2. The summed E-state index contributed by atoms with van der Waals surface area (Å²) in [5.41, 5.74) is 0.288. The van der Waals surface area contributed by atoms with Gasteiger partial charge in [0.05, 0.1) is 11.9 Å². The van der Waals surface area contributed by atoms with E-state index in [9.17, 15) is 30.8 Å². The topological polar surface area (TPSA) is 88.2 Å². The van der Waals surface area contributed by atoms with E-state index >= 15 is 0 Å². The fraction of sp³-hybridized carbons (Fsp3) is 0.391. The molecular weight excluding hydrogens is 474 g/mol. The zero-order chi connectivity index (χ0) is 25.5. The second kappa shape index (κ2) is 11.5. The average molecular weight is 502 g/mol. The predicted octanol–water partition coefficient (Wildman–Crippen LogP) is 4.98. The van der Waals surface area contributed by atoms with Gasteiger partial charge < -0.3 is 5.32 Å². The Balaban J connectivity index is 2.11. The van der Waals surface area contributed by atoms with E-state index in [-0.39, 0.29) is 17.9 Å². The SMILES string of the molecule is CCCCCc1nc(C(F)(F)F)ccc1/C=C\C(=O)NCc1cc(C)c(NS(C)(=O)=O)c(F)c1. The van der Waals surface area contributed by atoms with Gasteiger partial charge in [0.1, 0.15) is 11.5 Å². The number of nitrogens with one attached hydrogen (secondary N) is 2. The Bertz CT molecular complexity index is 1140. The lowest BCUT2D eigenvalue weighted by Crippen LogP contribution is -2.20. The van der Waals surface area contributed by atoms with Crippen LogP contribution in [0.2, 0.25) is 0 Å². The molecule has 34 heavy (non-hydrogen) atoms. The molecule has 1 amide bonds. The largest absolute Gasteiger partial charge is 0.433 e. The minimum absolute atomic E-state index is 0.0330. The van der Waals surface area contributed by atoms with Gasteiger partial charge in [-0.25, -0.2) is 17.8 Å². The first kappa shape index (κ1) is 27.3.